The number of pyridine rings is 1. The molecule has 2 atom stereocenters. The fourth-order valence-corrected chi connectivity index (χ4v) is 3.64. The van der Waals surface area contributed by atoms with E-state index >= 15 is 0 Å². The Balaban J connectivity index is 1.47. The summed E-state index contributed by atoms with van der Waals surface area (Å²) in [5.74, 6) is -4.00. The van der Waals surface area contributed by atoms with Gasteiger partial charge in [-0.3, -0.25) is 0 Å². The average Bonchev–Trinajstić information content (AvgIpc) is 3.00. The van der Waals surface area contributed by atoms with Gasteiger partial charge in [0.25, 0.3) is 5.92 Å². The number of hydrogen-bond acceptors (Lipinski definition) is 4. The van der Waals surface area contributed by atoms with Crippen molar-refractivity contribution in [2.24, 2.45) is 11.8 Å². The number of piperidine rings is 1. The number of rotatable bonds is 4. The third kappa shape index (κ3) is 2.47. The van der Waals surface area contributed by atoms with E-state index in [1.807, 2.05) is 11.0 Å². The van der Waals surface area contributed by atoms with Crippen LogP contribution in [0, 0.1) is 11.8 Å². The molecule has 2 unspecified atom stereocenters. The van der Waals surface area contributed by atoms with Crippen molar-refractivity contribution in [3.8, 4) is 0 Å². The topological polar surface area (TPSA) is 71.2 Å². The summed E-state index contributed by atoms with van der Waals surface area (Å²) in [6.07, 6.45) is 2.89. The van der Waals surface area contributed by atoms with Crippen LogP contribution in [0.2, 0.25) is 0 Å². The van der Waals surface area contributed by atoms with Crippen molar-refractivity contribution in [1.29, 1.82) is 0 Å². The number of carbonyl (C=O) groups is 1. The first-order valence-electron chi connectivity index (χ1n) is 7.39. The largest absolute Gasteiger partial charge is 0.476 e. The van der Waals surface area contributed by atoms with Crippen LogP contribution < -0.4 is 4.90 Å². The van der Waals surface area contributed by atoms with Gasteiger partial charge in [-0.15, -0.1) is 0 Å². The molecule has 1 saturated heterocycles. The fourth-order valence-electron chi connectivity index (χ4n) is 3.20. The zero-order chi connectivity index (χ0) is 17.1. The Morgan fingerprint density at radius 1 is 1.38 bits per heavy atom. The Bertz CT molecular complexity index is 812. The van der Waals surface area contributed by atoms with Crippen LogP contribution in [0.15, 0.2) is 29.3 Å². The van der Waals surface area contributed by atoms with Gasteiger partial charge in [0.15, 0.2) is 5.69 Å². The van der Waals surface area contributed by atoms with Crippen LogP contribution in [-0.4, -0.2) is 44.6 Å². The molecule has 1 aliphatic carbocycles. The fraction of sp³-hybridized carbons (Fsp3) is 0.400. The summed E-state index contributed by atoms with van der Waals surface area (Å²) in [6.45, 7) is 1.08. The molecular weight excluding hydrogens is 386 g/mol. The van der Waals surface area contributed by atoms with E-state index < -0.39 is 23.7 Å². The highest BCUT2D eigenvalue weighted by atomic mass is 79.9. The maximum absolute atomic E-state index is 13.3. The lowest BCUT2D eigenvalue weighted by atomic mass is 10.2. The number of carboxylic acids is 1. The highest BCUT2D eigenvalue weighted by Crippen LogP contribution is 2.59. The van der Waals surface area contributed by atoms with Crippen molar-refractivity contribution in [2.75, 3.05) is 18.0 Å². The molecule has 6 nitrogen and oxygen atoms in total. The summed E-state index contributed by atoms with van der Waals surface area (Å²) in [4.78, 5) is 21.0. The van der Waals surface area contributed by atoms with E-state index in [-0.39, 0.29) is 5.69 Å². The quantitative estimate of drug-likeness (QED) is 0.801. The number of fused-ring (bicyclic) bond motifs is 1. The summed E-state index contributed by atoms with van der Waals surface area (Å²) < 4.78 is 28.8. The smallest absolute Gasteiger partial charge is 0.356 e. The number of nitrogens with zero attached hydrogens (tertiary/aromatic N) is 4. The van der Waals surface area contributed by atoms with Gasteiger partial charge in [0, 0.05) is 24.8 Å². The Hall–Kier alpha value is -2.03. The number of carboxylic acid groups (broad SMARTS) is 1. The Labute approximate surface area is 144 Å². The molecule has 0 spiro atoms. The molecule has 0 radical (unpaired) electrons. The first kappa shape index (κ1) is 15.5. The summed E-state index contributed by atoms with van der Waals surface area (Å²) in [7, 11) is 0. The Morgan fingerprint density at radius 3 is 2.67 bits per heavy atom. The van der Waals surface area contributed by atoms with E-state index in [2.05, 4.69) is 25.9 Å². The minimum atomic E-state index is -2.50. The van der Waals surface area contributed by atoms with Crippen LogP contribution in [0.3, 0.4) is 0 Å². The van der Waals surface area contributed by atoms with Gasteiger partial charge in [0.2, 0.25) is 0 Å². The predicted octanol–water partition coefficient (Wildman–Crippen LogP) is 2.49. The predicted molar refractivity (Wildman–Crippen MR) is 84.4 cm³/mol. The average molecular weight is 399 g/mol. The standard InChI is InChI=1S/C15H13BrF2N4O2/c16-13-8(3-21-6-11(14(23)24)19-7-21)1-2-12(20-13)22-4-9-10(5-22)15(9,17)18/h1-2,6-7,9-10H,3-5H2,(H,23,24). The number of alkyl halides is 2. The zero-order valence-corrected chi connectivity index (χ0v) is 13.9. The lowest BCUT2D eigenvalue weighted by Crippen LogP contribution is -2.28. The molecule has 2 aliphatic rings. The first-order valence-corrected chi connectivity index (χ1v) is 8.19. The molecule has 0 amide bonds. The molecule has 1 aliphatic heterocycles. The van der Waals surface area contributed by atoms with Gasteiger partial charge in [-0.05, 0) is 22.0 Å². The van der Waals surface area contributed by atoms with Crippen molar-refractivity contribution in [1.82, 2.24) is 14.5 Å². The minimum Gasteiger partial charge on any atom is -0.476 e. The zero-order valence-electron chi connectivity index (χ0n) is 12.4. The molecule has 2 fully saturated rings. The number of aromatic nitrogens is 3. The minimum absolute atomic E-state index is 0.0204. The molecule has 9 heteroatoms. The number of halogens is 3. The third-order valence-electron chi connectivity index (χ3n) is 4.64. The van der Waals surface area contributed by atoms with Crippen molar-refractivity contribution in [2.45, 2.75) is 12.5 Å². The number of anilines is 1. The van der Waals surface area contributed by atoms with E-state index in [4.69, 9.17) is 5.11 Å². The summed E-state index contributed by atoms with van der Waals surface area (Å²) in [5.41, 5.74) is 0.829. The van der Waals surface area contributed by atoms with Crippen molar-refractivity contribution < 1.29 is 18.7 Å². The Morgan fingerprint density at radius 2 is 2.08 bits per heavy atom. The van der Waals surface area contributed by atoms with Gasteiger partial charge in [-0.25, -0.2) is 23.5 Å². The normalized spacial score (nSPS) is 24.0. The van der Waals surface area contributed by atoms with Gasteiger partial charge in [-0.1, -0.05) is 6.07 Å². The molecule has 4 rings (SSSR count). The maximum atomic E-state index is 13.3. The lowest BCUT2D eigenvalue weighted by molar-refractivity contribution is 0.0690. The molecule has 0 bridgehead atoms. The molecule has 3 heterocycles. The summed E-state index contributed by atoms with van der Waals surface area (Å²) in [5, 5.41) is 8.88. The van der Waals surface area contributed by atoms with Crippen LogP contribution in [0.4, 0.5) is 14.6 Å². The summed E-state index contributed by atoms with van der Waals surface area (Å²) in [6, 6.07) is 3.66. The van der Waals surface area contributed by atoms with Crippen molar-refractivity contribution >= 4 is 27.7 Å². The van der Waals surface area contributed by atoms with Gasteiger partial charge >= 0.3 is 5.97 Å². The molecule has 0 aromatic carbocycles. The highest BCUT2D eigenvalue weighted by Gasteiger charge is 2.71. The second-order valence-corrected chi connectivity index (χ2v) is 6.90. The van der Waals surface area contributed by atoms with E-state index in [1.54, 1.807) is 10.6 Å². The first-order chi connectivity index (χ1) is 11.4. The summed E-state index contributed by atoms with van der Waals surface area (Å²) >= 11 is 3.40. The third-order valence-corrected chi connectivity index (χ3v) is 5.33. The van der Waals surface area contributed by atoms with Crippen molar-refractivity contribution in [3.63, 3.8) is 0 Å². The van der Waals surface area contributed by atoms with Gasteiger partial charge in [-0.2, -0.15) is 0 Å². The molecular formula is C15H13BrF2N4O2. The number of aromatic carboxylic acids is 1. The van der Waals surface area contributed by atoms with E-state index in [0.717, 1.165) is 5.56 Å². The second kappa shape index (κ2) is 5.23. The molecule has 1 saturated carbocycles. The number of imidazole rings is 1. The SMILES string of the molecule is O=C(O)c1cn(Cc2ccc(N3CC4C(C3)C4(F)F)nc2Br)cn1. The molecule has 126 valence electrons. The maximum Gasteiger partial charge on any atom is 0.356 e. The van der Waals surface area contributed by atoms with Gasteiger partial charge in [0.05, 0.1) is 24.7 Å². The van der Waals surface area contributed by atoms with Gasteiger partial charge < -0.3 is 14.6 Å². The van der Waals surface area contributed by atoms with Crippen LogP contribution in [-0.2, 0) is 6.54 Å². The number of hydrogen-bond donors (Lipinski definition) is 1. The molecule has 2 aromatic heterocycles. The van der Waals surface area contributed by atoms with E-state index in [9.17, 15) is 13.6 Å². The van der Waals surface area contributed by atoms with Gasteiger partial charge in [0.1, 0.15) is 10.4 Å². The van der Waals surface area contributed by atoms with Crippen LogP contribution in [0.5, 0.6) is 0 Å². The highest BCUT2D eigenvalue weighted by molar-refractivity contribution is 9.10. The molecule has 1 N–H and O–H groups in total. The van der Waals surface area contributed by atoms with Crippen LogP contribution >= 0.6 is 15.9 Å². The van der Waals surface area contributed by atoms with Crippen molar-refractivity contribution in [3.05, 3.63) is 40.5 Å². The van der Waals surface area contributed by atoms with E-state index in [1.165, 1.54) is 12.5 Å². The van der Waals surface area contributed by atoms with E-state index in [0.29, 0.717) is 30.1 Å². The molecule has 2 aromatic rings. The van der Waals surface area contributed by atoms with Crippen LogP contribution in [0.1, 0.15) is 16.1 Å². The molecule has 24 heavy (non-hydrogen) atoms. The monoisotopic (exact) mass is 398 g/mol. The van der Waals surface area contributed by atoms with Crippen LogP contribution in [0.25, 0.3) is 0 Å². The second-order valence-electron chi connectivity index (χ2n) is 6.15. The lowest BCUT2D eigenvalue weighted by Gasteiger charge is -2.21. The Kier molecular flexibility index (Phi) is 3.38.